The van der Waals surface area contributed by atoms with Gasteiger partial charge < -0.3 is 14.2 Å². The summed E-state index contributed by atoms with van der Waals surface area (Å²) in [6.07, 6.45) is -1.49. The van der Waals surface area contributed by atoms with Crippen LogP contribution in [0.25, 0.3) is 0 Å². The smallest absolute Gasteiger partial charge is 0.338 e. The lowest BCUT2D eigenvalue weighted by atomic mass is 10.0. The summed E-state index contributed by atoms with van der Waals surface area (Å²) in [4.78, 5) is 11.6. The van der Waals surface area contributed by atoms with Crippen LogP contribution in [-0.4, -0.2) is 25.5 Å². The van der Waals surface area contributed by atoms with Crippen LogP contribution >= 0.6 is 22.6 Å². The van der Waals surface area contributed by atoms with Gasteiger partial charge in [-0.3, -0.25) is 0 Å². The molecule has 0 amide bonds. The molecule has 1 aliphatic heterocycles. The third-order valence-electron chi connectivity index (χ3n) is 2.60. The van der Waals surface area contributed by atoms with Crippen LogP contribution < -0.4 is 0 Å². The number of methoxy groups -OCH3 is 1. The monoisotopic (exact) mass is 348 g/mol. The topological polar surface area (TPSA) is 44.8 Å². The average Bonchev–Trinajstić information content (AvgIpc) is 2.71. The van der Waals surface area contributed by atoms with Crippen LogP contribution in [0.4, 0.5) is 0 Å². The minimum Gasteiger partial charge on any atom is -0.467 e. The molecule has 1 heterocycles. The van der Waals surface area contributed by atoms with Crippen molar-refractivity contribution in [2.75, 3.05) is 7.11 Å². The highest BCUT2D eigenvalue weighted by molar-refractivity contribution is 14.1. The number of ether oxygens (including phenoxy) is 3. The van der Waals surface area contributed by atoms with Crippen LogP contribution in [0.1, 0.15) is 18.6 Å². The Labute approximate surface area is 113 Å². The molecule has 0 bridgehead atoms. The number of hydrogen-bond acceptors (Lipinski definition) is 4. The van der Waals surface area contributed by atoms with Gasteiger partial charge in [0.2, 0.25) is 0 Å². The summed E-state index contributed by atoms with van der Waals surface area (Å²) in [6, 6.07) is 7.76. The molecule has 1 aromatic carbocycles. The molecule has 4 nitrogen and oxygen atoms in total. The van der Waals surface area contributed by atoms with Gasteiger partial charge in [0.1, 0.15) is 6.10 Å². The molecule has 0 aromatic heterocycles. The van der Waals surface area contributed by atoms with Crippen LogP contribution in [0.15, 0.2) is 24.3 Å². The lowest BCUT2D eigenvalue weighted by molar-refractivity contribution is -0.153. The normalized spacial score (nSPS) is 28.1. The number of carbonyl (C=O) groups is 1. The fraction of sp³-hybridized carbons (Fsp3) is 0.417. The largest absolute Gasteiger partial charge is 0.467 e. The Morgan fingerprint density at radius 2 is 2.06 bits per heavy atom. The third-order valence-corrected chi connectivity index (χ3v) is 3.58. The Balaban J connectivity index is 2.30. The molecule has 92 valence electrons. The van der Waals surface area contributed by atoms with Gasteiger partial charge in [0.05, 0.1) is 7.11 Å². The Morgan fingerprint density at radius 1 is 1.35 bits per heavy atom. The fourth-order valence-electron chi connectivity index (χ4n) is 1.83. The molecule has 1 unspecified atom stereocenters. The van der Waals surface area contributed by atoms with E-state index < -0.39 is 24.5 Å². The summed E-state index contributed by atoms with van der Waals surface area (Å²) in [7, 11) is 1.35. The highest BCUT2D eigenvalue weighted by atomic mass is 127. The van der Waals surface area contributed by atoms with Crippen molar-refractivity contribution in [1.29, 1.82) is 0 Å². The van der Waals surface area contributed by atoms with Crippen molar-refractivity contribution >= 4 is 28.6 Å². The zero-order valence-corrected chi connectivity index (χ0v) is 11.7. The summed E-state index contributed by atoms with van der Waals surface area (Å²) in [5.74, 6) is -0.404. The maximum absolute atomic E-state index is 11.6. The van der Waals surface area contributed by atoms with Gasteiger partial charge in [-0.1, -0.05) is 18.2 Å². The molecule has 0 spiro atoms. The van der Waals surface area contributed by atoms with E-state index in [0.29, 0.717) is 0 Å². The Kier molecular flexibility index (Phi) is 4.01. The summed E-state index contributed by atoms with van der Waals surface area (Å²) >= 11 is 2.21. The molecule has 0 radical (unpaired) electrons. The quantitative estimate of drug-likeness (QED) is 0.608. The first-order valence-corrected chi connectivity index (χ1v) is 6.34. The van der Waals surface area contributed by atoms with E-state index in [0.717, 1.165) is 9.13 Å². The van der Waals surface area contributed by atoms with Gasteiger partial charge in [-0.15, -0.1) is 0 Å². The van der Waals surface area contributed by atoms with Crippen LogP contribution in [0.5, 0.6) is 0 Å². The van der Waals surface area contributed by atoms with E-state index in [2.05, 4.69) is 22.6 Å². The Hall–Kier alpha value is -0.660. The third kappa shape index (κ3) is 2.61. The molecule has 0 aliphatic carbocycles. The van der Waals surface area contributed by atoms with Gasteiger partial charge in [-0.05, 0) is 41.1 Å². The van der Waals surface area contributed by atoms with Gasteiger partial charge in [-0.25, -0.2) is 4.79 Å². The highest BCUT2D eigenvalue weighted by Gasteiger charge is 2.41. The second-order valence-corrected chi connectivity index (χ2v) is 4.89. The first kappa shape index (κ1) is 12.8. The van der Waals surface area contributed by atoms with E-state index in [1.807, 2.05) is 24.3 Å². The van der Waals surface area contributed by atoms with Crippen LogP contribution in [0, 0.1) is 3.57 Å². The van der Waals surface area contributed by atoms with E-state index in [4.69, 9.17) is 14.2 Å². The first-order valence-electron chi connectivity index (χ1n) is 5.26. The van der Waals surface area contributed by atoms with E-state index in [9.17, 15) is 4.79 Å². The molecular weight excluding hydrogens is 335 g/mol. The average molecular weight is 348 g/mol. The number of esters is 1. The van der Waals surface area contributed by atoms with Crippen molar-refractivity contribution in [1.82, 2.24) is 0 Å². The lowest BCUT2D eigenvalue weighted by Gasteiger charge is -2.16. The molecule has 1 fully saturated rings. The van der Waals surface area contributed by atoms with Gasteiger partial charge in [0.25, 0.3) is 0 Å². The van der Waals surface area contributed by atoms with Crippen molar-refractivity contribution in [3.63, 3.8) is 0 Å². The molecule has 5 heteroatoms. The Morgan fingerprint density at radius 3 is 2.71 bits per heavy atom. The molecule has 1 saturated heterocycles. The molecule has 0 saturated carbocycles. The molecule has 1 aliphatic rings. The van der Waals surface area contributed by atoms with Crippen LogP contribution in [0.2, 0.25) is 0 Å². The first-order chi connectivity index (χ1) is 8.13. The van der Waals surface area contributed by atoms with Crippen molar-refractivity contribution in [2.24, 2.45) is 0 Å². The van der Waals surface area contributed by atoms with Crippen LogP contribution in [0.3, 0.4) is 0 Å². The summed E-state index contributed by atoms with van der Waals surface area (Å²) in [5.41, 5.74) is 0.952. The van der Waals surface area contributed by atoms with Gasteiger partial charge >= 0.3 is 5.97 Å². The molecule has 17 heavy (non-hydrogen) atoms. The van der Waals surface area contributed by atoms with E-state index in [1.54, 1.807) is 6.92 Å². The lowest BCUT2D eigenvalue weighted by Crippen LogP contribution is -2.27. The van der Waals surface area contributed by atoms with E-state index >= 15 is 0 Å². The fourth-order valence-corrected chi connectivity index (χ4v) is 2.52. The van der Waals surface area contributed by atoms with Gasteiger partial charge in [0.15, 0.2) is 12.4 Å². The molecule has 2 rings (SSSR count). The maximum atomic E-state index is 11.6. The Bertz CT molecular complexity index is 421. The highest BCUT2D eigenvalue weighted by Crippen LogP contribution is 2.35. The number of hydrogen-bond donors (Lipinski definition) is 0. The van der Waals surface area contributed by atoms with Crippen molar-refractivity contribution in [3.8, 4) is 0 Å². The second-order valence-electron chi connectivity index (χ2n) is 3.73. The summed E-state index contributed by atoms with van der Waals surface area (Å²) in [6.45, 7) is 1.77. The number of halogens is 1. The van der Waals surface area contributed by atoms with Crippen molar-refractivity contribution < 1.29 is 19.0 Å². The molecule has 3 atom stereocenters. The SMILES string of the molecule is COC(=O)[C@H]1OC(C)O[C@@H]1c1ccccc1I. The summed E-state index contributed by atoms with van der Waals surface area (Å²) in [5, 5.41) is 0. The predicted octanol–water partition coefficient (Wildman–Crippen LogP) is 2.27. The molecule has 1 aromatic rings. The van der Waals surface area contributed by atoms with Gasteiger partial charge in [0, 0.05) is 3.57 Å². The standard InChI is InChI=1S/C12H13IO4/c1-7-16-10(11(17-7)12(14)15-2)8-5-3-4-6-9(8)13/h3-7,10-11H,1-2H3/t7?,10-,11+/m1/s1. The second kappa shape index (κ2) is 5.32. The number of rotatable bonds is 2. The zero-order valence-electron chi connectivity index (χ0n) is 9.55. The van der Waals surface area contributed by atoms with E-state index in [-0.39, 0.29) is 0 Å². The van der Waals surface area contributed by atoms with Gasteiger partial charge in [-0.2, -0.15) is 0 Å². The van der Waals surface area contributed by atoms with E-state index in [1.165, 1.54) is 7.11 Å². The molecule has 0 N–H and O–H groups in total. The predicted molar refractivity (Wildman–Crippen MR) is 69.3 cm³/mol. The number of benzene rings is 1. The number of carbonyl (C=O) groups excluding carboxylic acids is 1. The van der Waals surface area contributed by atoms with Crippen LogP contribution in [-0.2, 0) is 19.0 Å². The van der Waals surface area contributed by atoms with Crippen molar-refractivity contribution in [3.05, 3.63) is 33.4 Å². The zero-order chi connectivity index (χ0) is 12.4. The minimum absolute atomic E-state index is 0.398. The van der Waals surface area contributed by atoms with Crippen molar-refractivity contribution in [2.45, 2.75) is 25.4 Å². The maximum Gasteiger partial charge on any atom is 0.338 e. The minimum atomic E-state index is -0.689. The molecular formula is C12H13IO4. The summed E-state index contributed by atoms with van der Waals surface area (Å²) < 4.78 is 16.8.